The molecule has 1 aromatic rings. The molecule has 0 fully saturated rings. The Morgan fingerprint density at radius 3 is 2.58 bits per heavy atom. The molecule has 1 aromatic carbocycles. The van der Waals surface area contributed by atoms with E-state index in [0.717, 1.165) is 11.1 Å². The number of amides is 1. The Morgan fingerprint density at radius 1 is 1.42 bits per heavy atom. The number of allylic oxidation sites excluding steroid dienone is 1. The fourth-order valence-electron chi connectivity index (χ4n) is 1.76. The predicted molar refractivity (Wildman–Crippen MR) is 75.4 cm³/mol. The van der Waals surface area contributed by atoms with Crippen molar-refractivity contribution in [2.45, 2.75) is 27.2 Å². The van der Waals surface area contributed by atoms with Gasteiger partial charge in [-0.05, 0) is 38.0 Å². The molecule has 2 N–H and O–H groups in total. The quantitative estimate of drug-likeness (QED) is 0.800. The Bertz CT molecular complexity index is 520. The number of benzene rings is 1. The van der Waals surface area contributed by atoms with Crippen LogP contribution in [0.3, 0.4) is 0 Å². The smallest absolute Gasteiger partial charge is 0.335 e. The number of hydrogen-bond donors (Lipinski definition) is 2. The van der Waals surface area contributed by atoms with Gasteiger partial charge in [0.05, 0.1) is 5.56 Å². The number of carboxylic acid groups (broad SMARTS) is 1. The molecule has 0 radical (unpaired) electrons. The number of carboxylic acids is 1. The second-order valence-electron chi connectivity index (χ2n) is 4.89. The highest BCUT2D eigenvalue weighted by Gasteiger charge is 2.15. The molecule has 0 saturated carbocycles. The topological polar surface area (TPSA) is 66.4 Å². The molecule has 1 amide bonds. The second-order valence-corrected chi connectivity index (χ2v) is 4.89. The van der Waals surface area contributed by atoms with Gasteiger partial charge in [0, 0.05) is 11.6 Å². The summed E-state index contributed by atoms with van der Waals surface area (Å²) in [7, 11) is 0. The van der Waals surface area contributed by atoms with Crippen LogP contribution in [0.2, 0.25) is 0 Å². The first kappa shape index (κ1) is 15.0. The van der Waals surface area contributed by atoms with E-state index in [-0.39, 0.29) is 17.4 Å². The third kappa shape index (κ3) is 4.25. The third-order valence-corrected chi connectivity index (χ3v) is 2.84. The number of aryl methyl sites for hydroxylation is 1. The zero-order valence-electron chi connectivity index (χ0n) is 11.5. The van der Waals surface area contributed by atoms with Crippen LogP contribution in [0.1, 0.15) is 36.2 Å². The van der Waals surface area contributed by atoms with Crippen LogP contribution >= 0.6 is 0 Å². The van der Waals surface area contributed by atoms with Crippen LogP contribution in [0.25, 0.3) is 0 Å². The largest absolute Gasteiger partial charge is 0.478 e. The van der Waals surface area contributed by atoms with E-state index in [0.29, 0.717) is 12.1 Å². The van der Waals surface area contributed by atoms with Crippen molar-refractivity contribution in [3.63, 3.8) is 0 Å². The Balaban J connectivity index is 2.86. The van der Waals surface area contributed by atoms with Crippen LogP contribution in [-0.4, -0.2) is 17.0 Å². The highest BCUT2D eigenvalue weighted by molar-refractivity contribution is 5.95. The lowest BCUT2D eigenvalue weighted by molar-refractivity contribution is -0.119. The summed E-state index contributed by atoms with van der Waals surface area (Å²) in [6.07, 6.45) is 0.615. The average molecular weight is 261 g/mol. The summed E-state index contributed by atoms with van der Waals surface area (Å²) in [4.78, 5) is 22.9. The SMILES string of the molecule is C=C(C)CC(C)C(=O)Nc1cc(C(=O)O)ccc1C. The minimum Gasteiger partial charge on any atom is -0.478 e. The van der Waals surface area contributed by atoms with Crippen molar-refractivity contribution in [2.24, 2.45) is 5.92 Å². The summed E-state index contributed by atoms with van der Waals surface area (Å²) >= 11 is 0. The van der Waals surface area contributed by atoms with Gasteiger partial charge in [-0.2, -0.15) is 0 Å². The highest BCUT2D eigenvalue weighted by atomic mass is 16.4. The van der Waals surface area contributed by atoms with E-state index in [1.165, 1.54) is 12.1 Å². The zero-order valence-corrected chi connectivity index (χ0v) is 11.5. The molecule has 0 saturated heterocycles. The van der Waals surface area contributed by atoms with E-state index in [1.807, 2.05) is 20.8 Å². The molecular formula is C15H19NO3. The number of carbonyl (C=O) groups excluding carboxylic acids is 1. The van der Waals surface area contributed by atoms with Crippen molar-refractivity contribution in [1.29, 1.82) is 0 Å². The highest BCUT2D eigenvalue weighted by Crippen LogP contribution is 2.19. The predicted octanol–water partition coefficient (Wildman–Crippen LogP) is 3.23. The molecule has 1 rings (SSSR count). The normalized spacial score (nSPS) is 11.7. The number of nitrogens with one attached hydrogen (secondary N) is 1. The average Bonchev–Trinajstić information content (AvgIpc) is 2.30. The van der Waals surface area contributed by atoms with Crippen LogP contribution in [-0.2, 0) is 4.79 Å². The third-order valence-electron chi connectivity index (χ3n) is 2.84. The molecule has 1 atom stereocenters. The van der Waals surface area contributed by atoms with Crippen molar-refractivity contribution >= 4 is 17.6 Å². The molecule has 0 aliphatic carbocycles. The molecule has 0 aromatic heterocycles. The van der Waals surface area contributed by atoms with Crippen LogP contribution in [0.15, 0.2) is 30.4 Å². The molecule has 4 heteroatoms. The van der Waals surface area contributed by atoms with E-state index in [1.54, 1.807) is 6.07 Å². The Kier molecular flexibility index (Phi) is 4.87. The molecule has 0 aliphatic rings. The van der Waals surface area contributed by atoms with Gasteiger partial charge in [-0.3, -0.25) is 4.79 Å². The van der Waals surface area contributed by atoms with Crippen molar-refractivity contribution in [3.8, 4) is 0 Å². The number of anilines is 1. The van der Waals surface area contributed by atoms with Gasteiger partial charge in [-0.15, -0.1) is 6.58 Å². The van der Waals surface area contributed by atoms with Gasteiger partial charge >= 0.3 is 5.97 Å². The summed E-state index contributed by atoms with van der Waals surface area (Å²) in [6.45, 7) is 9.30. The Hall–Kier alpha value is -2.10. The van der Waals surface area contributed by atoms with E-state index in [4.69, 9.17) is 5.11 Å². The lowest BCUT2D eigenvalue weighted by Crippen LogP contribution is -2.21. The minimum atomic E-state index is -1.01. The zero-order chi connectivity index (χ0) is 14.6. The maximum atomic E-state index is 12.0. The van der Waals surface area contributed by atoms with Crippen molar-refractivity contribution < 1.29 is 14.7 Å². The van der Waals surface area contributed by atoms with Gasteiger partial charge in [0.2, 0.25) is 5.91 Å². The monoisotopic (exact) mass is 261 g/mol. The van der Waals surface area contributed by atoms with Crippen molar-refractivity contribution in [2.75, 3.05) is 5.32 Å². The van der Waals surface area contributed by atoms with Crippen LogP contribution < -0.4 is 5.32 Å². The van der Waals surface area contributed by atoms with Crippen molar-refractivity contribution in [3.05, 3.63) is 41.5 Å². The molecule has 0 heterocycles. The van der Waals surface area contributed by atoms with E-state index in [9.17, 15) is 9.59 Å². The lowest BCUT2D eigenvalue weighted by Gasteiger charge is -2.14. The van der Waals surface area contributed by atoms with E-state index < -0.39 is 5.97 Å². The fraction of sp³-hybridized carbons (Fsp3) is 0.333. The summed E-state index contributed by atoms with van der Waals surface area (Å²) in [5, 5.41) is 11.7. The summed E-state index contributed by atoms with van der Waals surface area (Å²) in [5.41, 5.74) is 2.48. The van der Waals surface area contributed by atoms with Gasteiger partial charge in [-0.25, -0.2) is 4.79 Å². The van der Waals surface area contributed by atoms with E-state index in [2.05, 4.69) is 11.9 Å². The van der Waals surface area contributed by atoms with Crippen LogP contribution in [0.4, 0.5) is 5.69 Å². The molecule has 0 aliphatic heterocycles. The molecule has 0 bridgehead atoms. The maximum Gasteiger partial charge on any atom is 0.335 e. The molecule has 102 valence electrons. The molecule has 1 unspecified atom stereocenters. The Morgan fingerprint density at radius 2 is 2.05 bits per heavy atom. The fourth-order valence-corrected chi connectivity index (χ4v) is 1.76. The van der Waals surface area contributed by atoms with Crippen LogP contribution in [0.5, 0.6) is 0 Å². The molecule has 4 nitrogen and oxygen atoms in total. The Labute approximate surface area is 113 Å². The number of rotatable bonds is 5. The first-order valence-corrected chi connectivity index (χ1v) is 6.10. The summed E-state index contributed by atoms with van der Waals surface area (Å²) in [5.74, 6) is -1.33. The first-order valence-electron chi connectivity index (χ1n) is 6.10. The molecule has 19 heavy (non-hydrogen) atoms. The van der Waals surface area contributed by atoms with Gasteiger partial charge in [0.25, 0.3) is 0 Å². The van der Waals surface area contributed by atoms with Gasteiger partial charge < -0.3 is 10.4 Å². The first-order chi connectivity index (χ1) is 8.81. The van der Waals surface area contributed by atoms with Crippen molar-refractivity contribution in [1.82, 2.24) is 0 Å². The van der Waals surface area contributed by atoms with E-state index >= 15 is 0 Å². The minimum absolute atomic E-state index is 0.131. The van der Waals surface area contributed by atoms with Crippen LogP contribution in [0, 0.1) is 12.8 Å². The molecular weight excluding hydrogens is 242 g/mol. The van der Waals surface area contributed by atoms with Gasteiger partial charge in [-0.1, -0.05) is 18.6 Å². The number of aromatic carboxylic acids is 1. The van der Waals surface area contributed by atoms with Gasteiger partial charge in [0.15, 0.2) is 0 Å². The molecule has 0 spiro atoms. The summed E-state index contributed by atoms with van der Waals surface area (Å²) in [6, 6.07) is 4.68. The maximum absolute atomic E-state index is 12.0. The van der Waals surface area contributed by atoms with Gasteiger partial charge in [0.1, 0.15) is 0 Å². The lowest BCUT2D eigenvalue weighted by atomic mass is 10.0. The summed E-state index contributed by atoms with van der Waals surface area (Å²) < 4.78 is 0. The second kappa shape index (κ2) is 6.18. The standard InChI is InChI=1S/C15H19NO3/c1-9(2)7-11(4)14(17)16-13-8-12(15(18)19)6-5-10(13)3/h5-6,8,11H,1,7H2,2-4H3,(H,16,17)(H,18,19). The number of carbonyl (C=O) groups is 2. The number of hydrogen-bond acceptors (Lipinski definition) is 2.